The Morgan fingerprint density at radius 3 is 2.83 bits per heavy atom. The molecule has 0 aliphatic rings. The second kappa shape index (κ2) is 6.49. The molecule has 5 heteroatoms. The molecule has 68 valence electrons. The number of nitrogens with two attached hydrogens (primary N) is 1. The van der Waals surface area contributed by atoms with Gasteiger partial charge in [-0.15, -0.1) is 0 Å². The van der Waals surface area contributed by atoms with Crippen molar-refractivity contribution < 1.29 is 4.79 Å². The van der Waals surface area contributed by atoms with Gasteiger partial charge in [0.2, 0.25) is 5.91 Å². The zero-order valence-corrected chi connectivity index (χ0v) is 7.23. The fraction of sp³-hybridized carbons (Fsp3) is 0.857. The molecule has 0 rings (SSSR count). The number of azide groups is 1. The molecule has 0 spiro atoms. The number of carbonyl (C=O) groups excluding carboxylic acids is 1. The van der Waals surface area contributed by atoms with Gasteiger partial charge < -0.3 is 5.73 Å². The minimum absolute atomic E-state index is 0.0705. The molecule has 0 saturated heterocycles. The summed E-state index contributed by atoms with van der Waals surface area (Å²) >= 11 is 0. The van der Waals surface area contributed by atoms with Crippen molar-refractivity contribution in [2.45, 2.75) is 26.2 Å². The lowest BCUT2D eigenvalue weighted by atomic mass is 10.00. The van der Waals surface area contributed by atoms with Crippen LogP contribution in [0.25, 0.3) is 10.4 Å². The number of nitrogens with zero attached hydrogens (tertiary/aromatic N) is 3. The maximum atomic E-state index is 10.7. The van der Waals surface area contributed by atoms with E-state index in [0.717, 1.165) is 12.8 Å². The highest BCUT2D eigenvalue weighted by Crippen LogP contribution is 2.09. The summed E-state index contributed by atoms with van der Waals surface area (Å²) in [6.07, 6.45) is 2.20. The van der Waals surface area contributed by atoms with Gasteiger partial charge in [-0.1, -0.05) is 12.0 Å². The Morgan fingerprint density at radius 2 is 2.42 bits per heavy atom. The molecule has 0 aromatic carbocycles. The van der Waals surface area contributed by atoms with Crippen LogP contribution in [0, 0.1) is 5.92 Å². The van der Waals surface area contributed by atoms with Crippen LogP contribution in [0.1, 0.15) is 26.2 Å². The SMILES string of the molecule is CCC(CCCN=[N+]=[N-])C(N)=O. The monoisotopic (exact) mass is 170 g/mol. The van der Waals surface area contributed by atoms with Crippen molar-refractivity contribution in [3.8, 4) is 0 Å². The van der Waals surface area contributed by atoms with Gasteiger partial charge >= 0.3 is 0 Å². The van der Waals surface area contributed by atoms with Crippen molar-refractivity contribution in [2.24, 2.45) is 16.8 Å². The maximum absolute atomic E-state index is 10.7. The minimum Gasteiger partial charge on any atom is -0.369 e. The van der Waals surface area contributed by atoms with Gasteiger partial charge in [-0.05, 0) is 24.8 Å². The second-order valence-corrected chi connectivity index (χ2v) is 2.60. The van der Waals surface area contributed by atoms with Crippen molar-refractivity contribution in [3.05, 3.63) is 10.4 Å². The Labute approximate surface area is 71.6 Å². The van der Waals surface area contributed by atoms with Gasteiger partial charge in [0.1, 0.15) is 0 Å². The van der Waals surface area contributed by atoms with Crippen LogP contribution in [-0.2, 0) is 4.79 Å². The number of hydrogen-bond acceptors (Lipinski definition) is 2. The highest BCUT2D eigenvalue weighted by atomic mass is 16.1. The Kier molecular flexibility index (Phi) is 5.83. The van der Waals surface area contributed by atoms with Crippen molar-refractivity contribution in [2.75, 3.05) is 6.54 Å². The van der Waals surface area contributed by atoms with Crippen LogP contribution >= 0.6 is 0 Å². The average molecular weight is 170 g/mol. The van der Waals surface area contributed by atoms with E-state index in [9.17, 15) is 4.79 Å². The molecule has 5 nitrogen and oxygen atoms in total. The predicted octanol–water partition coefficient (Wildman–Crippen LogP) is 1.59. The summed E-state index contributed by atoms with van der Waals surface area (Å²) in [7, 11) is 0. The first-order valence-corrected chi connectivity index (χ1v) is 4.02. The van der Waals surface area contributed by atoms with Crippen LogP contribution in [-0.4, -0.2) is 12.5 Å². The number of amides is 1. The summed E-state index contributed by atoms with van der Waals surface area (Å²) in [6.45, 7) is 2.36. The van der Waals surface area contributed by atoms with Crippen molar-refractivity contribution in [1.29, 1.82) is 0 Å². The first kappa shape index (κ1) is 10.8. The molecule has 2 N–H and O–H groups in total. The number of carbonyl (C=O) groups is 1. The van der Waals surface area contributed by atoms with E-state index in [1.807, 2.05) is 6.92 Å². The van der Waals surface area contributed by atoms with Gasteiger partial charge in [0.25, 0.3) is 0 Å². The lowest BCUT2D eigenvalue weighted by Crippen LogP contribution is -2.22. The zero-order valence-electron chi connectivity index (χ0n) is 7.23. The zero-order chi connectivity index (χ0) is 9.40. The predicted molar refractivity (Wildman–Crippen MR) is 46.2 cm³/mol. The number of hydrogen-bond donors (Lipinski definition) is 1. The Morgan fingerprint density at radius 1 is 1.75 bits per heavy atom. The summed E-state index contributed by atoms with van der Waals surface area (Å²) < 4.78 is 0. The smallest absolute Gasteiger partial charge is 0.220 e. The maximum Gasteiger partial charge on any atom is 0.220 e. The summed E-state index contributed by atoms with van der Waals surface area (Å²) in [5.74, 6) is -0.336. The first-order valence-electron chi connectivity index (χ1n) is 4.02. The number of rotatable bonds is 6. The number of primary amides is 1. The highest BCUT2D eigenvalue weighted by molar-refractivity contribution is 5.76. The van der Waals surface area contributed by atoms with Crippen LogP contribution in [0.4, 0.5) is 0 Å². The van der Waals surface area contributed by atoms with E-state index in [1.54, 1.807) is 0 Å². The van der Waals surface area contributed by atoms with Crippen LogP contribution in [0.15, 0.2) is 5.11 Å². The molecule has 0 bridgehead atoms. The van der Waals surface area contributed by atoms with Gasteiger partial charge in [-0.25, -0.2) is 0 Å². The Bertz CT molecular complexity index is 186. The standard InChI is InChI=1S/C7H14N4O/c1-2-6(7(8)12)4-3-5-10-11-9/h6H,2-5H2,1H3,(H2,8,12). The molecule has 0 aromatic heterocycles. The van der Waals surface area contributed by atoms with E-state index in [-0.39, 0.29) is 11.8 Å². The third kappa shape index (κ3) is 4.57. The van der Waals surface area contributed by atoms with Gasteiger partial charge in [-0.2, -0.15) is 0 Å². The van der Waals surface area contributed by atoms with Crippen molar-refractivity contribution in [3.63, 3.8) is 0 Å². The van der Waals surface area contributed by atoms with E-state index in [0.29, 0.717) is 13.0 Å². The third-order valence-electron chi connectivity index (χ3n) is 1.77. The summed E-state index contributed by atoms with van der Waals surface area (Å²) in [6, 6.07) is 0. The normalized spacial score (nSPS) is 11.8. The highest BCUT2D eigenvalue weighted by Gasteiger charge is 2.10. The molecule has 0 fully saturated rings. The molecule has 1 unspecified atom stereocenters. The molecule has 0 saturated carbocycles. The van der Waals surface area contributed by atoms with E-state index in [4.69, 9.17) is 11.3 Å². The molecule has 1 amide bonds. The summed E-state index contributed by atoms with van der Waals surface area (Å²) in [5, 5.41) is 3.37. The molecule has 0 aromatic rings. The minimum atomic E-state index is -0.265. The largest absolute Gasteiger partial charge is 0.369 e. The van der Waals surface area contributed by atoms with E-state index in [1.165, 1.54) is 0 Å². The van der Waals surface area contributed by atoms with Crippen molar-refractivity contribution in [1.82, 2.24) is 0 Å². The fourth-order valence-corrected chi connectivity index (χ4v) is 1.00. The molecular formula is C7H14N4O. The topological polar surface area (TPSA) is 91.8 Å². The summed E-state index contributed by atoms with van der Waals surface area (Å²) in [5.41, 5.74) is 13.1. The molecule has 0 heterocycles. The van der Waals surface area contributed by atoms with Gasteiger partial charge in [0.05, 0.1) is 0 Å². The van der Waals surface area contributed by atoms with Gasteiger partial charge in [0, 0.05) is 17.4 Å². The quantitative estimate of drug-likeness (QED) is 0.279. The van der Waals surface area contributed by atoms with Gasteiger partial charge in [0.15, 0.2) is 0 Å². The molecule has 1 atom stereocenters. The Balaban J connectivity index is 3.58. The Hall–Kier alpha value is -1.22. The van der Waals surface area contributed by atoms with Crippen LogP contribution in [0.3, 0.4) is 0 Å². The average Bonchev–Trinajstić information content (AvgIpc) is 2.04. The van der Waals surface area contributed by atoms with Gasteiger partial charge in [-0.3, -0.25) is 4.79 Å². The van der Waals surface area contributed by atoms with Crippen LogP contribution < -0.4 is 5.73 Å². The van der Waals surface area contributed by atoms with Crippen LogP contribution in [0.2, 0.25) is 0 Å². The molecule has 0 aliphatic carbocycles. The van der Waals surface area contributed by atoms with Crippen LogP contribution in [0.5, 0.6) is 0 Å². The van der Waals surface area contributed by atoms with Crippen molar-refractivity contribution >= 4 is 5.91 Å². The third-order valence-corrected chi connectivity index (χ3v) is 1.77. The van der Waals surface area contributed by atoms with E-state index >= 15 is 0 Å². The molecular weight excluding hydrogens is 156 g/mol. The lowest BCUT2D eigenvalue weighted by Gasteiger charge is -2.08. The lowest BCUT2D eigenvalue weighted by molar-refractivity contribution is -0.122. The fourth-order valence-electron chi connectivity index (χ4n) is 1.00. The second-order valence-electron chi connectivity index (χ2n) is 2.60. The first-order chi connectivity index (χ1) is 5.72. The molecule has 12 heavy (non-hydrogen) atoms. The molecule has 0 radical (unpaired) electrons. The van der Waals surface area contributed by atoms with E-state index < -0.39 is 0 Å². The molecule has 0 aliphatic heterocycles. The van der Waals surface area contributed by atoms with E-state index in [2.05, 4.69) is 10.0 Å². The summed E-state index contributed by atoms with van der Waals surface area (Å²) in [4.78, 5) is 13.3.